The summed E-state index contributed by atoms with van der Waals surface area (Å²) in [5.41, 5.74) is 0.967. The minimum absolute atomic E-state index is 0.0279. The predicted molar refractivity (Wildman–Crippen MR) is 72.5 cm³/mol. The summed E-state index contributed by atoms with van der Waals surface area (Å²) in [5, 5.41) is 0.695. The number of hydrogen-bond donors (Lipinski definition) is 0. The standard InChI is InChI=1S/C14H16ClNO2/c1-11-10-16(8-9-18-11)14(17)7-4-12-2-5-13(15)6-3-12/h2-7,11H,8-10H2,1H3/b7-4+. The molecule has 3 nitrogen and oxygen atoms in total. The lowest BCUT2D eigenvalue weighted by Gasteiger charge is -2.30. The summed E-state index contributed by atoms with van der Waals surface area (Å²) in [7, 11) is 0. The lowest BCUT2D eigenvalue weighted by atomic mass is 10.2. The highest BCUT2D eigenvalue weighted by Gasteiger charge is 2.19. The lowest BCUT2D eigenvalue weighted by molar-refractivity contribution is -0.132. The molecule has 1 aliphatic heterocycles. The summed E-state index contributed by atoms with van der Waals surface area (Å²) in [6.45, 7) is 3.90. The van der Waals surface area contributed by atoms with Crippen LogP contribution >= 0.6 is 11.6 Å². The molecular weight excluding hydrogens is 250 g/mol. The minimum atomic E-state index is 0.0279. The number of morpholine rings is 1. The first-order valence-corrected chi connectivity index (χ1v) is 6.37. The lowest BCUT2D eigenvalue weighted by Crippen LogP contribution is -2.43. The number of amides is 1. The van der Waals surface area contributed by atoms with Crippen LogP contribution in [0.1, 0.15) is 12.5 Å². The second-order valence-electron chi connectivity index (χ2n) is 4.35. The zero-order valence-corrected chi connectivity index (χ0v) is 11.1. The second kappa shape index (κ2) is 6.03. The first-order valence-electron chi connectivity index (χ1n) is 5.99. The van der Waals surface area contributed by atoms with Crippen LogP contribution in [-0.2, 0) is 9.53 Å². The molecule has 96 valence electrons. The summed E-state index contributed by atoms with van der Waals surface area (Å²) in [6, 6.07) is 7.38. The van der Waals surface area contributed by atoms with Crippen LogP contribution < -0.4 is 0 Å². The number of nitrogens with zero attached hydrogens (tertiary/aromatic N) is 1. The first kappa shape index (κ1) is 13.1. The van der Waals surface area contributed by atoms with Gasteiger partial charge in [-0.25, -0.2) is 0 Å². The van der Waals surface area contributed by atoms with E-state index in [1.165, 1.54) is 0 Å². The second-order valence-corrected chi connectivity index (χ2v) is 4.79. The maximum absolute atomic E-state index is 11.9. The van der Waals surface area contributed by atoms with E-state index < -0.39 is 0 Å². The largest absolute Gasteiger partial charge is 0.375 e. The van der Waals surface area contributed by atoms with Gasteiger partial charge < -0.3 is 9.64 Å². The van der Waals surface area contributed by atoms with Crippen LogP contribution in [0.15, 0.2) is 30.3 Å². The molecule has 1 aromatic carbocycles. The molecule has 18 heavy (non-hydrogen) atoms. The van der Waals surface area contributed by atoms with Crippen molar-refractivity contribution in [1.29, 1.82) is 0 Å². The number of rotatable bonds is 2. The molecule has 1 aliphatic rings. The molecule has 1 amide bonds. The maximum atomic E-state index is 11.9. The van der Waals surface area contributed by atoms with E-state index in [1.807, 2.05) is 31.2 Å². The number of carbonyl (C=O) groups is 1. The van der Waals surface area contributed by atoms with Gasteiger partial charge >= 0.3 is 0 Å². The Morgan fingerprint density at radius 3 is 2.83 bits per heavy atom. The Labute approximate surface area is 112 Å². The van der Waals surface area contributed by atoms with Gasteiger partial charge in [0.15, 0.2) is 0 Å². The summed E-state index contributed by atoms with van der Waals surface area (Å²) < 4.78 is 5.40. The Hall–Kier alpha value is -1.32. The summed E-state index contributed by atoms with van der Waals surface area (Å²) >= 11 is 5.80. The van der Waals surface area contributed by atoms with Gasteiger partial charge in [0.1, 0.15) is 0 Å². The fraction of sp³-hybridized carbons (Fsp3) is 0.357. The molecule has 0 aliphatic carbocycles. The van der Waals surface area contributed by atoms with Crippen LogP contribution in [0, 0.1) is 0 Å². The Bertz CT molecular complexity index is 442. The topological polar surface area (TPSA) is 29.5 Å². The van der Waals surface area contributed by atoms with Crippen molar-refractivity contribution in [2.75, 3.05) is 19.7 Å². The van der Waals surface area contributed by atoms with Gasteiger partial charge in [0.25, 0.3) is 0 Å². The van der Waals surface area contributed by atoms with Crippen LogP contribution in [0.3, 0.4) is 0 Å². The van der Waals surface area contributed by atoms with Gasteiger partial charge in [-0.1, -0.05) is 23.7 Å². The van der Waals surface area contributed by atoms with Gasteiger partial charge in [0.2, 0.25) is 5.91 Å². The van der Waals surface area contributed by atoms with Gasteiger partial charge in [-0.3, -0.25) is 4.79 Å². The van der Waals surface area contributed by atoms with Gasteiger partial charge in [0, 0.05) is 24.2 Å². The highest BCUT2D eigenvalue weighted by atomic mass is 35.5. The van der Waals surface area contributed by atoms with Crippen molar-refractivity contribution in [3.05, 3.63) is 40.9 Å². The third kappa shape index (κ3) is 3.59. The molecule has 1 aromatic rings. The Morgan fingerprint density at radius 1 is 1.44 bits per heavy atom. The molecule has 1 atom stereocenters. The number of carbonyl (C=O) groups excluding carboxylic acids is 1. The molecule has 0 aromatic heterocycles. The highest BCUT2D eigenvalue weighted by Crippen LogP contribution is 2.11. The Morgan fingerprint density at radius 2 is 2.17 bits per heavy atom. The minimum Gasteiger partial charge on any atom is -0.375 e. The average Bonchev–Trinajstić information content (AvgIpc) is 2.38. The van der Waals surface area contributed by atoms with E-state index in [-0.39, 0.29) is 12.0 Å². The van der Waals surface area contributed by atoms with Crippen LogP contribution in [-0.4, -0.2) is 36.6 Å². The van der Waals surface area contributed by atoms with Crippen LogP contribution in [0.5, 0.6) is 0 Å². The van der Waals surface area contributed by atoms with E-state index in [1.54, 1.807) is 17.1 Å². The van der Waals surface area contributed by atoms with E-state index in [4.69, 9.17) is 16.3 Å². The van der Waals surface area contributed by atoms with E-state index in [2.05, 4.69) is 0 Å². The fourth-order valence-corrected chi connectivity index (χ4v) is 1.99. The average molecular weight is 266 g/mol. The quantitative estimate of drug-likeness (QED) is 0.770. The molecule has 0 saturated carbocycles. The van der Waals surface area contributed by atoms with Crippen molar-refractivity contribution in [3.63, 3.8) is 0 Å². The smallest absolute Gasteiger partial charge is 0.246 e. The fourth-order valence-electron chi connectivity index (χ4n) is 1.87. The van der Waals surface area contributed by atoms with Crippen LogP contribution in [0.2, 0.25) is 5.02 Å². The third-order valence-corrected chi connectivity index (χ3v) is 3.09. The summed E-state index contributed by atoms with van der Waals surface area (Å²) in [4.78, 5) is 13.7. The molecule has 1 fully saturated rings. The van der Waals surface area contributed by atoms with Crippen molar-refractivity contribution in [2.45, 2.75) is 13.0 Å². The van der Waals surface area contributed by atoms with Crippen molar-refractivity contribution < 1.29 is 9.53 Å². The molecule has 2 rings (SSSR count). The van der Waals surface area contributed by atoms with Gasteiger partial charge in [-0.2, -0.15) is 0 Å². The van der Waals surface area contributed by atoms with Crippen LogP contribution in [0.4, 0.5) is 0 Å². The Kier molecular flexibility index (Phi) is 4.39. The van der Waals surface area contributed by atoms with Crippen molar-refractivity contribution in [1.82, 2.24) is 4.90 Å². The molecule has 0 radical (unpaired) electrons. The van der Waals surface area contributed by atoms with Gasteiger partial charge in [0.05, 0.1) is 12.7 Å². The van der Waals surface area contributed by atoms with Crippen molar-refractivity contribution >= 4 is 23.6 Å². The molecule has 1 unspecified atom stereocenters. The summed E-state index contributed by atoms with van der Waals surface area (Å²) in [5.74, 6) is 0.0279. The number of hydrogen-bond acceptors (Lipinski definition) is 2. The Balaban J connectivity index is 1.96. The molecule has 1 saturated heterocycles. The highest BCUT2D eigenvalue weighted by molar-refractivity contribution is 6.30. The predicted octanol–water partition coefficient (Wildman–Crippen LogP) is 2.60. The molecule has 4 heteroatoms. The zero-order chi connectivity index (χ0) is 13.0. The SMILES string of the molecule is CC1CN(C(=O)/C=C/c2ccc(Cl)cc2)CCO1. The number of benzene rings is 1. The molecule has 1 heterocycles. The molecule has 0 spiro atoms. The van der Waals surface area contributed by atoms with E-state index >= 15 is 0 Å². The van der Waals surface area contributed by atoms with E-state index in [0.717, 1.165) is 5.56 Å². The molecular formula is C14H16ClNO2. The first-order chi connectivity index (χ1) is 8.65. The van der Waals surface area contributed by atoms with Crippen LogP contribution in [0.25, 0.3) is 6.08 Å². The van der Waals surface area contributed by atoms with E-state index in [0.29, 0.717) is 24.7 Å². The molecule has 0 bridgehead atoms. The maximum Gasteiger partial charge on any atom is 0.246 e. The zero-order valence-electron chi connectivity index (χ0n) is 10.3. The van der Waals surface area contributed by atoms with Crippen molar-refractivity contribution in [2.24, 2.45) is 0 Å². The number of halogens is 1. The third-order valence-electron chi connectivity index (χ3n) is 2.84. The van der Waals surface area contributed by atoms with E-state index in [9.17, 15) is 4.79 Å². The van der Waals surface area contributed by atoms with Gasteiger partial charge in [-0.05, 0) is 30.7 Å². The number of ether oxygens (including phenoxy) is 1. The van der Waals surface area contributed by atoms with Gasteiger partial charge in [-0.15, -0.1) is 0 Å². The monoisotopic (exact) mass is 265 g/mol. The normalized spacial score (nSPS) is 20.3. The molecule has 0 N–H and O–H groups in total. The summed E-state index contributed by atoms with van der Waals surface area (Å²) in [6.07, 6.45) is 3.52. The van der Waals surface area contributed by atoms with Crippen molar-refractivity contribution in [3.8, 4) is 0 Å².